The van der Waals surface area contributed by atoms with Crippen LogP contribution in [-0.4, -0.2) is 54.8 Å². The lowest BCUT2D eigenvalue weighted by molar-refractivity contribution is -0.949. The Morgan fingerprint density at radius 2 is 1.77 bits per heavy atom. The van der Waals surface area contributed by atoms with E-state index in [1.807, 2.05) is 6.92 Å². The molecule has 3 N–H and O–H groups in total. The largest absolute Gasteiger partial charge is 0.366 e. The number of hydrogen-bond acceptors (Lipinski definition) is 3. The standard InChI is InChI=1S/C15H30N2O4S/c1-4-10-17(11-5-2,12-7-6-8-15(16)18)14(3)9-13-22(19,20)21/h6,8,14H,4-5,7,9-13H2,1-3H3,(H2-,16,18,19,20,21)/p+1. The van der Waals surface area contributed by atoms with Gasteiger partial charge >= 0.3 is 0 Å². The van der Waals surface area contributed by atoms with Gasteiger partial charge in [0.05, 0.1) is 31.4 Å². The molecule has 0 aliphatic heterocycles. The summed E-state index contributed by atoms with van der Waals surface area (Å²) in [5.41, 5.74) is 5.09. The first-order chi connectivity index (χ1) is 10.2. The van der Waals surface area contributed by atoms with Gasteiger partial charge in [0.1, 0.15) is 0 Å². The highest BCUT2D eigenvalue weighted by atomic mass is 32.2. The molecule has 0 rings (SSSR count). The van der Waals surface area contributed by atoms with Crippen molar-refractivity contribution in [3.05, 3.63) is 12.2 Å². The Kier molecular flexibility index (Phi) is 9.55. The molecule has 0 bridgehead atoms. The number of quaternary nitrogens is 1. The SMILES string of the molecule is CCC[N+](CCC)(CCC=CC(N)=O)C(C)CCS(=O)(=O)O. The molecule has 0 radical (unpaired) electrons. The van der Waals surface area contributed by atoms with Crippen LogP contribution < -0.4 is 5.73 Å². The third-order valence-corrected chi connectivity index (χ3v) is 4.84. The van der Waals surface area contributed by atoms with Crippen LogP contribution >= 0.6 is 0 Å². The molecule has 0 saturated heterocycles. The number of nitrogens with zero attached hydrogens (tertiary/aromatic N) is 1. The molecule has 0 aromatic carbocycles. The Morgan fingerprint density at radius 3 is 2.18 bits per heavy atom. The molecule has 1 amide bonds. The van der Waals surface area contributed by atoms with E-state index in [1.165, 1.54) is 6.08 Å². The maximum absolute atomic E-state index is 11.0. The van der Waals surface area contributed by atoms with Crippen molar-refractivity contribution in [2.24, 2.45) is 5.73 Å². The minimum absolute atomic E-state index is 0.129. The predicted molar refractivity (Wildman–Crippen MR) is 88.9 cm³/mol. The fourth-order valence-corrected chi connectivity index (χ4v) is 3.65. The van der Waals surface area contributed by atoms with Gasteiger partial charge in [0.2, 0.25) is 5.91 Å². The average molecular weight is 335 g/mol. The van der Waals surface area contributed by atoms with Crippen molar-refractivity contribution in [3.63, 3.8) is 0 Å². The Hall–Kier alpha value is -0.920. The summed E-state index contributed by atoms with van der Waals surface area (Å²) in [6, 6.07) is 0.129. The molecule has 0 aliphatic carbocycles. The minimum atomic E-state index is -3.93. The van der Waals surface area contributed by atoms with E-state index >= 15 is 0 Å². The molecule has 1 atom stereocenters. The quantitative estimate of drug-likeness (QED) is 0.322. The molecule has 0 aliphatic rings. The lowest BCUT2D eigenvalue weighted by Gasteiger charge is -2.43. The summed E-state index contributed by atoms with van der Waals surface area (Å²) in [6.45, 7) is 8.98. The van der Waals surface area contributed by atoms with E-state index in [2.05, 4.69) is 13.8 Å². The number of rotatable bonds is 12. The Balaban J connectivity index is 4.98. The number of amides is 1. The van der Waals surface area contributed by atoms with E-state index < -0.39 is 16.0 Å². The first-order valence-corrected chi connectivity index (χ1v) is 9.54. The van der Waals surface area contributed by atoms with Crippen molar-refractivity contribution in [1.82, 2.24) is 0 Å². The van der Waals surface area contributed by atoms with Gasteiger partial charge in [-0.05, 0) is 25.8 Å². The van der Waals surface area contributed by atoms with Crippen LogP contribution in [0.2, 0.25) is 0 Å². The van der Waals surface area contributed by atoms with E-state index in [9.17, 15) is 13.2 Å². The van der Waals surface area contributed by atoms with Crippen LogP contribution in [0.5, 0.6) is 0 Å². The van der Waals surface area contributed by atoms with Crippen LogP contribution in [0.15, 0.2) is 12.2 Å². The van der Waals surface area contributed by atoms with Crippen molar-refractivity contribution in [3.8, 4) is 0 Å². The van der Waals surface area contributed by atoms with Crippen LogP contribution in [-0.2, 0) is 14.9 Å². The highest BCUT2D eigenvalue weighted by molar-refractivity contribution is 7.85. The first kappa shape index (κ1) is 21.1. The molecular formula is C15H31N2O4S+. The normalized spacial score (nSPS) is 14.4. The highest BCUT2D eigenvalue weighted by Crippen LogP contribution is 2.21. The molecule has 0 heterocycles. The second kappa shape index (κ2) is 9.97. The molecule has 0 fully saturated rings. The first-order valence-electron chi connectivity index (χ1n) is 7.93. The molecule has 0 aromatic rings. The number of carbonyl (C=O) groups excluding carboxylic acids is 1. The van der Waals surface area contributed by atoms with Gasteiger partial charge < -0.3 is 10.2 Å². The zero-order valence-corrected chi connectivity index (χ0v) is 14.8. The van der Waals surface area contributed by atoms with Crippen molar-refractivity contribution >= 4 is 16.0 Å². The number of carbonyl (C=O) groups is 1. The summed E-state index contributed by atoms with van der Waals surface area (Å²) in [7, 11) is -3.93. The Bertz CT molecular complexity index is 454. The van der Waals surface area contributed by atoms with Crippen LogP contribution in [0.4, 0.5) is 0 Å². The minimum Gasteiger partial charge on any atom is -0.366 e. The van der Waals surface area contributed by atoms with E-state index in [0.717, 1.165) is 43.4 Å². The maximum Gasteiger partial charge on any atom is 0.265 e. The Labute approximate surface area is 134 Å². The summed E-state index contributed by atoms with van der Waals surface area (Å²) < 4.78 is 31.8. The van der Waals surface area contributed by atoms with Gasteiger partial charge in [-0.1, -0.05) is 19.9 Å². The van der Waals surface area contributed by atoms with E-state index in [-0.39, 0.29) is 11.8 Å². The molecule has 22 heavy (non-hydrogen) atoms. The van der Waals surface area contributed by atoms with E-state index in [4.69, 9.17) is 10.3 Å². The van der Waals surface area contributed by atoms with Crippen LogP contribution in [0.1, 0.15) is 46.5 Å². The molecule has 1 unspecified atom stereocenters. The van der Waals surface area contributed by atoms with Gasteiger partial charge in [-0.3, -0.25) is 9.35 Å². The summed E-state index contributed by atoms with van der Waals surface area (Å²) in [5.74, 6) is -0.665. The molecule has 0 aromatic heterocycles. The smallest absolute Gasteiger partial charge is 0.265 e. The maximum atomic E-state index is 11.0. The summed E-state index contributed by atoms with van der Waals surface area (Å²) in [5, 5.41) is 0. The number of hydrogen-bond donors (Lipinski definition) is 2. The summed E-state index contributed by atoms with van der Waals surface area (Å²) >= 11 is 0. The second-order valence-corrected chi connectivity index (χ2v) is 7.48. The third-order valence-electron chi connectivity index (χ3n) is 4.09. The molecule has 6 nitrogen and oxygen atoms in total. The number of primary amides is 1. The van der Waals surface area contributed by atoms with Gasteiger partial charge in [0.15, 0.2) is 0 Å². The fraction of sp³-hybridized carbons (Fsp3) is 0.800. The van der Waals surface area contributed by atoms with Crippen molar-refractivity contribution in [2.75, 3.05) is 25.4 Å². The van der Waals surface area contributed by atoms with E-state index in [1.54, 1.807) is 6.08 Å². The van der Waals surface area contributed by atoms with Crippen molar-refractivity contribution in [1.29, 1.82) is 0 Å². The highest BCUT2D eigenvalue weighted by Gasteiger charge is 2.32. The van der Waals surface area contributed by atoms with Gasteiger partial charge in [-0.15, -0.1) is 0 Å². The molecule has 7 heteroatoms. The van der Waals surface area contributed by atoms with Crippen LogP contribution in [0.25, 0.3) is 0 Å². The monoisotopic (exact) mass is 335 g/mol. The second-order valence-electron chi connectivity index (χ2n) is 5.91. The Morgan fingerprint density at radius 1 is 1.23 bits per heavy atom. The van der Waals surface area contributed by atoms with Crippen LogP contribution in [0, 0.1) is 0 Å². The average Bonchev–Trinajstić information content (AvgIpc) is 2.40. The predicted octanol–water partition coefficient (Wildman–Crippen LogP) is 1.72. The lowest BCUT2D eigenvalue weighted by Crippen LogP contribution is -2.56. The molecule has 0 saturated carbocycles. The third kappa shape index (κ3) is 8.51. The van der Waals surface area contributed by atoms with Gasteiger partial charge in [-0.25, -0.2) is 0 Å². The zero-order valence-electron chi connectivity index (χ0n) is 14.0. The lowest BCUT2D eigenvalue weighted by atomic mass is 10.1. The fourth-order valence-electron chi connectivity index (χ4n) is 3.01. The summed E-state index contributed by atoms with van der Waals surface area (Å²) in [6.07, 6.45) is 6.29. The van der Waals surface area contributed by atoms with Gasteiger partial charge in [-0.2, -0.15) is 8.42 Å². The summed E-state index contributed by atoms with van der Waals surface area (Å²) in [4.78, 5) is 10.8. The molecule has 0 spiro atoms. The molecular weight excluding hydrogens is 304 g/mol. The van der Waals surface area contributed by atoms with Crippen molar-refractivity contribution in [2.45, 2.75) is 52.5 Å². The number of nitrogens with two attached hydrogens (primary N) is 1. The van der Waals surface area contributed by atoms with Crippen molar-refractivity contribution < 1.29 is 22.2 Å². The van der Waals surface area contributed by atoms with Gasteiger partial charge in [0.25, 0.3) is 10.1 Å². The van der Waals surface area contributed by atoms with E-state index in [0.29, 0.717) is 6.42 Å². The van der Waals surface area contributed by atoms with Gasteiger partial charge in [0, 0.05) is 12.8 Å². The topological polar surface area (TPSA) is 97.5 Å². The van der Waals surface area contributed by atoms with Crippen LogP contribution in [0.3, 0.4) is 0 Å². The molecule has 130 valence electrons. The zero-order chi connectivity index (χ0) is 17.2.